The highest BCUT2D eigenvalue weighted by Gasteiger charge is 2.06. The molecule has 0 aromatic carbocycles. The third-order valence-corrected chi connectivity index (χ3v) is 1.98. The molecule has 0 rings (SSSR count). The van der Waals surface area contributed by atoms with Crippen molar-refractivity contribution < 1.29 is 42.8 Å². The number of carbonyl (C=O) groups excluding carboxylic acids is 3. The molecule has 0 aromatic rings. The van der Waals surface area contributed by atoms with Gasteiger partial charge in [-0.3, -0.25) is 0 Å². The second-order valence-corrected chi connectivity index (χ2v) is 3.72. The van der Waals surface area contributed by atoms with E-state index in [2.05, 4.69) is 18.9 Å². The van der Waals surface area contributed by atoms with Crippen LogP contribution in [0.2, 0.25) is 0 Å². The number of carbonyl (C=O) groups is 3. The summed E-state index contributed by atoms with van der Waals surface area (Å²) in [7, 11) is 0. The van der Waals surface area contributed by atoms with Crippen LogP contribution in [0.5, 0.6) is 0 Å². The number of ether oxygens (including phenoxy) is 6. The summed E-state index contributed by atoms with van der Waals surface area (Å²) >= 11 is 0. The lowest BCUT2D eigenvalue weighted by Gasteiger charge is -2.07. The monoisotopic (exact) mass is 322 g/mol. The molecule has 0 saturated heterocycles. The van der Waals surface area contributed by atoms with E-state index in [4.69, 9.17) is 9.47 Å². The predicted molar refractivity (Wildman–Crippen MR) is 72.5 cm³/mol. The highest BCUT2D eigenvalue weighted by atomic mass is 16.7. The molecule has 9 heteroatoms. The second-order valence-electron chi connectivity index (χ2n) is 3.72. The standard InChI is InChI=1S/C13H22O9/c1-3-17-11(14)19-7-5-9-21-13(16)22-10-6-8-20-12(15)18-4-2/h3-10H2,1-2H3. The molecule has 0 saturated carbocycles. The van der Waals surface area contributed by atoms with Gasteiger partial charge in [0.15, 0.2) is 0 Å². The normalized spacial score (nSPS) is 9.55. The van der Waals surface area contributed by atoms with Gasteiger partial charge in [-0.05, 0) is 13.8 Å². The molecule has 0 aromatic heterocycles. The Hall–Kier alpha value is -2.19. The first-order valence-electron chi connectivity index (χ1n) is 6.98. The van der Waals surface area contributed by atoms with Crippen molar-refractivity contribution in [2.24, 2.45) is 0 Å². The predicted octanol–water partition coefficient (Wildman–Crippen LogP) is 2.27. The van der Waals surface area contributed by atoms with E-state index in [9.17, 15) is 14.4 Å². The molecular weight excluding hydrogens is 300 g/mol. The molecule has 22 heavy (non-hydrogen) atoms. The van der Waals surface area contributed by atoms with Crippen LogP contribution in [0.25, 0.3) is 0 Å². The van der Waals surface area contributed by atoms with E-state index in [-0.39, 0.29) is 39.6 Å². The molecule has 0 bridgehead atoms. The van der Waals surface area contributed by atoms with E-state index in [1.165, 1.54) is 0 Å². The van der Waals surface area contributed by atoms with Crippen molar-refractivity contribution in [1.82, 2.24) is 0 Å². The first-order chi connectivity index (χ1) is 10.6. The van der Waals surface area contributed by atoms with Crippen LogP contribution >= 0.6 is 0 Å². The van der Waals surface area contributed by atoms with Crippen LogP contribution < -0.4 is 0 Å². The molecule has 0 spiro atoms. The van der Waals surface area contributed by atoms with Crippen LogP contribution in [0.1, 0.15) is 26.7 Å². The fraction of sp³-hybridized carbons (Fsp3) is 0.769. The Balaban J connectivity index is 3.36. The highest BCUT2D eigenvalue weighted by molar-refractivity contribution is 5.60. The smallest absolute Gasteiger partial charge is 0.435 e. The molecule has 0 unspecified atom stereocenters. The second kappa shape index (κ2) is 13.8. The van der Waals surface area contributed by atoms with Crippen molar-refractivity contribution in [2.75, 3.05) is 39.6 Å². The van der Waals surface area contributed by atoms with Gasteiger partial charge in [0, 0.05) is 12.8 Å². The van der Waals surface area contributed by atoms with Crippen molar-refractivity contribution in [3.05, 3.63) is 0 Å². The van der Waals surface area contributed by atoms with Crippen LogP contribution in [0.15, 0.2) is 0 Å². The summed E-state index contributed by atoms with van der Waals surface area (Å²) in [5.74, 6) is 0. The molecule has 9 nitrogen and oxygen atoms in total. The van der Waals surface area contributed by atoms with Crippen LogP contribution in [0.3, 0.4) is 0 Å². The fourth-order valence-electron chi connectivity index (χ4n) is 1.10. The third-order valence-electron chi connectivity index (χ3n) is 1.98. The summed E-state index contributed by atoms with van der Waals surface area (Å²) in [6, 6.07) is 0. The lowest BCUT2D eigenvalue weighted by molar-refractivity contribution is 0.0318. The Bertz CT molecular complexity index is 299. The summed E-state index contributed by atoms with van der Waals surface area (Å²) in [6.45, 7) is 4.08. The van der Waals surface area contributed by atoms with Crippen LogP contribution in [0.4, 0.5) is 14.4 Å². The van der Waals surface area contributed by atoms with Gasteiger partial charge in [-0.25, -0.2) is 14.4 Å². The van der Waals surface area contributed by atoms with Gasteiger partial charge in [0.05, 0.1) is 39.6 Å². The molecule has 0 amide bonds. The maximum atomic E-state index is 11.1. The molecule has 0 heterocycles. The summed E-state index contributed by atoms with van der Waals surface area (Å²) in [4.78, 5) is 32.8. The molecule has 0 aliphatic rings. The van der Waals surface area contributed by atoms with Crippen molar-refractivity contribution in [1.29, 1.82) is 0 Å². The lowest BCUT2D eigenvalue weighted by Crippen LogP contribution is -2.14. The maximum Gasteiger partial charge on any atom is 0.508 e. The van der Waals surface area contributed by atoms with Gasteiger partial charge in [0.1, 0.15) is 0 Å². The zero-order chi connectivity index (χ0) is 16.6. The maximum absolute atomic E-state index is 11.1. The Morgan fingerprint density at radius 2 is 0.818 bits per heavy atom. The summed E-state index contributed by atoms with van der Waals surface area (Å²) in [5, 5.41) is 0. The van der Waals surface area contributed by atoms with Gasteiger partial charge in [-0.2, -0.15) is 0 Å². The number of rotatable bonds is 10. The van der Waals surface area contributed by atoms with E-state index >= 15 is 0 Å². The van der Waals surface area contributed by atoms with Gasteiger partial charge < -0.3 is 28.4 Å². The van der Waals surface area contributed by atoms with Crippen molar-refractivity contribution in [2.45, 2.75) is 26.7 Å². The molecule has 0 radical (unpaired) electrons. The van der Waals surface area contributed by atoms with Crippen molar-refractivity contribution >= 4 is 18.5 Å². The molecule has 0 atom stereocenters. The number of hydrogen-bond donors (Lipinski definition) is 0. The van der Waals surface area contributed by atoms with Gasteiger partial charge >= 0.3 is 18.5 Å². The minimum absolute atomic E-state index is 0.0531. The lowest BCUT2D eigenvalue weighted by atomic mass is 10.5. The molecular formula is C13H22O9. The van der Waals surface area contributed by atoms with E-state index in [0.29, 0.717) is 12.8 Å². The van der Waals surface area contributed by atoms with E-state index < -0.39 is 18.5 Å². The zero-order valence-corrected chi connectivity index (χ0v) is 12.8. The SMILES string of the molecule is CCOC(=O)OCCCOC(=O)OCCCOC(=O)OCC. The largest absolute Gasteiger partial charge is 0.508 e. The first kappa shape index (κ1) is 19.8. The molecule has 0 aliphatic heterocycles. The van der Waals surface area contributed by atoms with Gasteiger partial charge in [-0.15, -0.1) is 0 Å². The van der Waals surface area contributed by atoms with Gasteiger partial charge in [-0.1, -0.05) is 0 Å². The first-order valence-corrected chi connectivity index (χ1v) is 6.98. The summed E-state index contributed by atoms with van der Waals surface area (Å²) in [6.07, 6.45) is -1.69. The van der Waals surface area contributed by atoms with E-state index in [0.717, 1.165) is 0 Å². The Morgan fingerprint density at radius 3 is 1.09 bits per heavy atom. The molecule has 0 N–H and O–H groups in total. The molecule has 128 valence electrons. The Morgan fingerprint density at radius 1 is 0.545 bits per heavy atom. The van der Waals surface area contributed by atoms with Gasteiger partial charge in [0.25, 0.3) is 0 Å². The van der Waals surface area contributed by atoms with Crippen molar-refractivity contribution in [3.8, 4) is 0 Å². The van der Waals surface area contributed by atoms with Gasteiger partial charge in [0.2, 0.25) is 0 Å². The third kappa shape index (κ3) is 12.8. The average Bonchev–Trinajstić information content (AvgIpc) is 2.47. The van der Waals surface area contributed by atoms with Crippen molar-refractivity contribution in [3.63, 3.8) is 0 Å². The number of hydrogen-bond acceptors (Lipinski definition) is 9. The Labute approximate surface area is 128 Å². The minimum atomic E-state index is -0.840. The van der Waals surface area contributed by atoms with E-state index in [1.807, 2.05) is 0 Å². The Kier molecular flexibility index (Phi) is 12.4. The minimum Gasteiger partial charge on any atom is -0.435 e. The topological polar surface area (TPSA) is 107 Å². The van der Waals surface area contributed by atoms with Crippen LogP contribution in [0, 0.1) is 0 Å². The van der Waals surface area contributed by atoms with E-state index in [1.54, 1.807) is 13.8 Å². The highest BCUT2D eigenvalue weighted by Crippen LogP contribution is 1.94. The van der Waals surface area contributed by atoms with Crippen LogP contribution in [-0.2, 0) is 28.4 Å². The van der Waals surface area contributed by atoms with Crippen LogP contribution in [-0.4, -0.2) is 58.1 Å². The fourth-order valence-corrected chi connectivity index (χ4v) is 1.10. The molecule has 0 fully saturated rings. The average molecular weight is 322 g/mol. The zero-order valence-electron chi connectivity index (χ0n) is 12.8. The summed E-state index contributed by atoms with van der Waals surface area (Å²) in [5.41, 5.74) is 0. The molecule has 0 aliphatic carbocycles. The summed E-state index contributed by atoms with van der Waals surface area (Å²) < 4.78 is 27.9. The quantitative estimate of drug-likeness (QED) is 0.340.